The van der Waals surface area contributed by atoms with E-state index in [1.54, 1.807) is 30.8 Å². The average molecular weight is 517 g/mol. The number of hydrogen-bond donors (Lipinski definition) is 1. The summed E-state index contributed by atoms with van der Waals surface area (Å²) in [6.45, 7) is 3.66. The number of fused-ring (bicyclic) bond motifs is 1. The fourth-order valence-corrected chi connectivity index (χ4v) is 7.00. The monoisotopic (exact) mass is 516 g/mol. The number of nitrogens with one attached hydrogen (secondary N) is 1. The lowest BCUT2D eigenvalue weighted by molar-refractivity contribution is 0.0950. The van der Waals surface area contributed by atoms with Gasteiger partial charge in [-0.15, -0.1) is 0 Å². The Balaban J connectivity index is 1.50. The van der Waals surface area contributed by atoms with Crippen LogP contribution in [-0.2, 0) is 17.1 Å². The van der Waals surface area contributed by atoms with Crippen LogP contribution in [0.3, 0.4) is 0 Å². The normalized spacial score (nSPS) is 18.4. The van der Waals surface area contributed by atoms with Gasteiger partial charge in [0.15, 0.2) is 0 Å². The van der Waals surface area contributed by atoms with Crippen molar-refractivity contribution in [3.8, 4) is 0 Å². The van der Waals surface area contributed by atoms with Crippen LogP contribution in [0.15, 0.2) is 34.1 Å². The number of nitrogens with zero attached hydrogens (tertiary/aromatic N) is 3. The number of likely N-dealkylation sites (tertiary alicyclic amines) is 1. The number of aromatic nitrogens is 1. The number of rotatable bonds is 8. The van der Waals surface area contributed by atoms with E-state index in [0.717, 1.165) is 58.2 Å². The molecule has 0 unspecified atom stereocenters. The maximum Gasteiger partial charge on any atom is 0.256 e. The van der Waals surface area contributed by atoms with Crippen LogP contribution in [0.25, 0.3) is 10.9 Å². The highest BCUT2D eigenvalue weighted by Crippen LogP contribution is 2.27. The molecule has 1 amide bonds. The first kappa shape index (κ1) is 26.8. The third-order valence-electron chi connectivity index (χ3n) is 7.81. The van der Waals surface area contributed by atoms with Gasteiger partial charge in [0, 0.05) is 38.3 Å². The first-order chi connectivity index (χ1) is 17.3. The van der Waals surface area contributed by atoms with Gasteiger partial charge >= 0.3 is 0 Å². The molecule has 36 heavy (non-hydrogen) atoms. The van der Waals surface area contributed by atoms with Gasteiger partial charge < -0.3 is 14.8 Å². The van der Waals surface area contributed by atoms with E-state index >= 15 is 0 Å². The fourth-order valence-electron chi connectivity index (χ4n) is 5.56. The summed E-state index contributed by atoms with van der Waals surface area (Å²) in [5.41, 5.74) is 0.192. The number of aryl methyl sites for hydroxylation is 1. The number of benzene rings is 1. The van der Waals surface area contributed by atoms with Gasteiger partial charge in [0.1, 0.15) is 5.56 Å². The standard InChI is InChI=1S/C27H40N4O4S/c1-29-20-24(27(33)28-15-10-18-31-16-8-3-4-9-17-31)26(32)23-19-22(13-14-25(23)29)36(34,35)30(2)21-11-6-5-7-12-21/h13-14,19-21H,3-12,15-18H2,1-2H3,(H,28,33). The number of hydrogen-bond acceptors (Lipinski definition) is 5. The highest BCUT2D eigenvalue weighted by Gasteiger charge is 2.29. The number of pyridine rings is 1. The zero-order valence-corrected chi connectivity index (χ0v) is 22.5. The van der Waals surface area contributed by atoms with E-state index in [2.05, 4.69) is 10.2 Å². The van der Waals surface area contributed by atoms with E-state index in [-0.39, 0.29) is 21.9 Å². The van der Waals surface area contributed by atoms with Crippen molar-refractivity contribution < 1.29 is 13.2 Å². The van der Waals surface area contributed by atoms with Gasteiger partial charge in [0.25, 0.3) is 5.91 Å². The summed E-state index contributed by atoms with van der Waals surface area (Å²) < 4.78 is 29.9. The fraction of sp³-hybridized carbons (Fsp3) is 0.630. The second kappa shape index (κ2) is 11.9. The Labute approximate surface area is 214 Å². The minimum Gasteiger partial charge on any atom is -0.352 e. The average Bonchev–Trinajstić information content (AvgIpc) is 3.17. The van der Waals surface area contributed by atoms with E-state index in [1.165, 1.54) is 42.3 Å². The summed E-state index contributed by atoms with van der Waals surface area (Å²) in [5.74, 6) is -0.416. The van der Waals surface area contributed by atoms with Crippen molar-refractivity contribution in [1.29, 1.82) is 0 Å². The molecule has 4 rings (SSSR count). The number of sulfonamides is 1. The Morgan fingerprint density at radius 3 is 2.42 bits per heavy atom. The molecule has 2 aliphatic rings. The Kier molecular flexibility index (Phi) is 8.85. The molecule has 0 radical (unpaired) electrons. The minimum atomic E-state index is -3.74. The van der Waals surface area contributed by atoms with Gasteiger partial charge in [-0.05, 0) is 69.9 Å². The Hall–Kier alpha value is -2.23. The Morgan fingerprint density at radius 2 is 1.72 bits per heavy atom. The van der Waals surface area contributed by atoms with Crippen LogP contribution >= 0.6 is 0 Å². The summed E-state index contributed by atoms with van der Waals surface area (Å²) in [4.78, 5) is 28.7. The SMILES string of the molecule is CN(C1CCCCC1)S(=O)(=O)c1ccc2c(c1)c(=O)c(C(=O)NCCCN1CCCCCC1)cn2C. The molecule has 0 spiro atoms. The van der Waals surface area contributed by atoms with Crippen molar-refractivity contribution in [2.24, 2.45) is 7.05 Å². The van der Waals surface area contributed by atoms with Gasteiger partial charge in [-0.1, -0.05) is 32.1 Å². The summed E-state index contributed by atoms with van der Waals surface area (Å²) >= 11 is 0. The number of amides is 1. The Bertz CT molecular complexity index is 1230. The van der Waals surface area contributed by atoms with Crippen LogP contribution in [0.1, 0.15) is 74.6 Å². The van der Waals surface area contributed by atoms with Gasteiger partial charge in [-0.3, -0.25) is 9.59 Å². The summed E-state index contributed by atoms with van der Waals surface area (Å²) in [5, 5.41) is 3.13. The van der Waals surface area contributed by atoms with Gasteiger partial charge in [0.2, 0.25) is 15.5 Å². The molecule has 2 fully saturated rings. The number of carbonyl (C=O) groups excluding carboxylic acids is 1. The zero-order valence-electron chi connectivity index (χ0n) is 21.7. The highest BCUT2D eigenvalue weighted by atomic mass is 32.2. The summed E-state index contributed by atoms with van der Waals surface area (Å²) in [6, 6.07) is 4.62. The second-order valence-electron chi connectivity index (χ2n) is 10.3. The molecule has 8 nitrogen and oxygen atoms in total. The van der Waals surface area contributed by atoms with Crippen molar-refractivity contribution in [3.05, 3.63) is 40.2 Å². The largest absolute Gasteiger partial charge is 0.352 e. The maximum atomic E-state index is 13.4. The van der Waals surface area contributed by atoms with E-state index < -0.39 is 21.4 Å². The molecule has 2 aromatic rings. The number of carbonyl (C=O) groups is 1. The van der Waals surface area contributed by atoms with E-state index in [9.17, 15) is 18.0 Å². The minimum absolute atomic E-state index is 0.0197. The van der Waals surface area contributed by atoms with Crippen molar-refractivity contribution in [2.45, 2.75) is 75.1 Å². The first-order valence-corrected chi connectivity index (χ1v) is 14.8. The molecular formula is C27H40N4O4S. The van der Waals surface area contributed by atoms with E-state index in [0.29, 0.717) is 12.1 Å². The molecule has 1 aromatic carbocycles. The lowest BCUT2D eigenvalue weighted by Crippen LogP contribution is -2.38. The molecule has 1 N–H and O–H groups in total. The highest BCUT2D eigenvalue weighted by molar-refractivity contribution is 7.89. The molecule has 1 aliphatic heterocycles. The van der Waals surface area contributed by atoms with Crippen molar-refractivity contribution in [1.82, 2.24) is 19.1 Å². The second-order valence-corrected chi connectivity index (χ2v) is 12.3. The van der Waals surface area contributed by atoms with Crippen LogP contribution in [0, 0.1) is 0 Å². The molecule has 198 valence electrons. The van der Waals surface area contributed by atoms with Gasteiger partial charge in [0.05, 0.1) is 10.4 Å². The van der Waals surface area contributed by atoms with Crippen molar-refractivity contribution in [2.75, 3.05) is 33.2 Å². The van der Waals surface area contributed by atoms with Crippen molar-refractivity contribution >= 4 is 26.8 Å². The van der Waals surface area contributed by atoms with Crippen LogP contribution in [0.4, 0.5) is 0 Å². The molecule has 1 aromatic heterocycles. The van der Waals surface area contributed by atoms with Crippen LogP contribution in [0.2, 0.25) is 0 Å². The van der Waals surface area contributed by atoms with E-state index in [1.807, 2.05) is 0 Å². The molecule has 0 atom stereocenters. The van der Waals surface area contributed by atoms with Crippen LogP contribution in [-0.4, -0.2) is 67.4 Å². The third-order valence-corrected chi connectivity index (χ3v) is 9.71. The Morgan fingerprint density at radius 1 is 1.06 bits per heavy atom. The molecule has 9 heteroatoms. The van der Waals surface area contributed by atoms with Gasteiger partial charge in [-0.25, -0.2) is 8.42 Å². The van der Waals surface area contributed by atoms with Crippen LogP contribution < -0.4 is 10.7 Å². The summed E-state index contributed by atoms with van der Waals surface area (Å²) in [7, 11) is -0.352. The molecule has 1 saturated heterocycles. The lowest BCUT2D eigenvalue weighted by atomic mass is 9.96. The zero-order chi connectivity index (χ0) is 25.7. The summed E-state index contributed by atoms with van der Waals surface area (Å²) in [6.07, 6.45) is 12.3. The first-order valence-electron chi connectivity index (χ1n) is 13.4. The predicted octanol–water partition coefficient (Wildman–Crippen LogP) is 3.49. The van der Waals surface area contributed by atoms with Crippen molar-refractivity contribution in [3.63, 3.8) is 0 Å². The lowest BCUT2D eigenvalue weighted by Gasteiger charge is -2.30. The maximum absolute atomic E-state index is 13.4. The predicted molar refractivity (Wildman–Crippen MR) is 143 cm³/mol. The topological polar surface area (TPSA) is 91.7 Å². The molecule has 1 aliphatic carbocycles. The van der Waals surface area contributed by atoms with Crippen LogP contribution in [0.5, 0.6) is 0 Å². The molecule has 0 bridgehead atoms. The smallest absolute Gasteiger partial charge is 0.256 e. The quantitative estimate of drug-likeness (QED) is 0.543. The molecule has 2 heterocycles. The van der Waals surface area contributed by atoms with Gasteiger partial charge in [-0.2, -0.15) is 4.31 Å². The molecule has 1 saturated carbocycles. The third kappa shape index (κ3) is 6.01. The van der Waals surface area contributed by atoms with E-state index in [4.69, 9.17) is 0 Å². The molecular weight excluding hydrogens is 476 g/mol.